The largest absolute Gasteiger partial charge is 0.463 e. The van der Waals surface area contributed by atoms with Gasteiger partial charge in [-0.3, -0.25) is 5.32 Å². The molecule has 1 aromatic rings. The molecule has 0 bridgehead atoms. The van der Waals surface area contributed by atoms with Gasteiger partial charge >= 0.3 is 18.2 Å². The van der Waals surface area contributed by atoms with Crippen molar-refractivity contribution in [2.75, 3.05) is 6.61 Å². The number of benzene rings is 1. The van der Waals surface area contributed by atoms with Crippen molar-refractivity contribution in [2.45, 2.75) is 97.9 Å². The second-order valence-electron chi connectivity index (χ2n) is 11.3. The van der Waals surface area contributed by atoms with Crippen molar-refractivity contribution in [1.29, 1.82) is 0 Å². The number of nitrogens with one attached hydrogen (secondary N) is 1. The lowest BCUT2D eigenvalue weighted by molar-refractivity contribution is -0.137. The van der Waals surface area contributed by atoms with Gasteiger partial charge in [-0.05, 0) is 79.7 Å². The van der Waals surface area contributed by atoms with Crippen LogP contribution in [0.5, 0.6) is 0 Å². The highest BCUT2D eigenvalue weighted by atomic mass is 16.6. The number of rotatable bonds is 6. The van der Waals surface area contributed by atoms with Crippen LogP contribution in [0.2, 0.25) is 0 Å². The summed E-state index contributed by atoms with van der Waals surface area (Å²) in [7, 11) is 0. The van der Waals surface area contributed by atoms with Crippen LogP contribution < -0.4 is 5.32 Å². The SMILES string of the molecule is CCOC(=O)/C=C/C=C1CCC(N(C(=O)OC(C)(C)C)C(=NCc2ccccc2)NC(=O)OC(C)(C)C)CC1. The fourth-order valence-corrected chi connectivity index (χ4v) is 3.89. The Kier molecular flexibility index (Phi) is 11.8. The van der Waals surface area contributed by atoms with E-state index in [1.54, 1.807) is 54.5 Å². The van der Waals surface area contributed by atoms with E-state index in [9.17, 15) is 14.4 Å². The standard InChI is InChI=1S/C30H43N3O6/c1-8-37-25(34)16-12-15-22-17-19-24(20-18-22)33(28(36)39-30(5,6)7)26(32-27(35)38-29(2,3)4)31-21-23-13-10-9-11-14-23/h9-16,24H,8,17-21H2,1-7H3,(H,31,32,35)/b16-12+,22-15?. The Hall–Kier alpha value is -3.62. The first-order valence-corrected chi connectivity index (χ1v) is 13.4. The van der Waals surface area contributed by atoms with Crippen LogP contribution in [0.3, 0.4) is 0 Å². The minimum absolute atomic E-state index is 0.0852. The zero-order chi connectivity index (χ0) is 29.1. The number of hydrogen-bond acceptors (Lipinski definition) is 7. The second kappa shape index (κ2) is 14.5. The van der Waals surface area contributed by atoms with Crippen molar-refractivity contribution in [3.8, 4) is 0 Å². The molecule has 9 nitrogen and oxygen atoms in total. The second-order valence-corrected chi connectivity index (χ2v) is 11.3. The van der Waals surface area contributed by atoms with Gasteiger partial charge in [0.05, 0.1) is 13.2 Å². The molecule has 0 aromatic heterocycles. The molecule has 0 aliphatic heterocycles. The molecule has 214 valence electrons. The Morgan fingerprint density at radius 1 is 1.00 bits per heavy atom. The van der Waals surface area contributed by atoms with Crippen LogP contribution >= 0.6 is 0 Å². The van der Waals surface area contributed by atoms with Gasteiger partial charge in [0.1, 0.15) is 11.2 Å². The fourth-order valence-electron chi connectivity index (χ4n) is 3.89. The summed E-state index contributed by atoms with van der Waals surface area (Å²) in [6.45, 7) is 13.0. The summed E-state index contributed by atoms with van der Waals surface area (Å²) in [5, 5.41) is 2.71. The summed E-state index contributed by atoms with van der Waals surface area (Å²) in [6, 6.07) is 9.30. The molecule has 0 radical (unpaired) electrons. The number of carbonyl (C=O) groups excluding carboxylic acids is 3. The Morgan fingerprint density at radius 3 is 2.18 bits per heavy atom. The summed E-state index contributed by atoms with van der Waals surface area (Å²) in [5.74, 6) is -0.298. The Balaban J connectivity index is 2.34. The lowest BCUT2D eigenvalue weighted by Gasteiger charge is -2.36. The average molecular weight is 542 g/mol. The highest BCUT2D eigenvalue weighted by molar-refractivity contribution is 6.01. The molecule has 1 aliphatic carbocycles. The highest BCUT2D eigenvalue weighted by Crippen LogP contribution is 2.29. The summed E-state index contributed by atoms with van der Waals surface area (Å²) >= 11 is 0. The highest BCUT2D eigenvalue weighted by Gasteiger charge is 2.35. The first-order valence-electron chi connectivity index (χ1n) is 13.4. The molecule has 1 N–H and O–H groups in total. The van der Waals surface area contributed by atoms with Gasteiger partial charge in [0.15, 0.2) is 0 Å². The maximum Gasteiger partial charge on any atom is 0.417 e. The lowest BCUT2D eigenvalue weighted by Crippen LogP contribution is -2.54. The molecule has 1 aromatic carbocycles. The van der Waals surface area contributed by atoms with Gasteiger partial charge in [-0.15, -0.1) is 0 Å². The number of guanidine groups is 1. The van der Waals surface area contributed by atoms with Crippen LogP contribution in [-0.4, -0.2) is 52.9 Å². The van der Waals surface area contributed by atoms with Gasteiger partial charge in [-0.25, -0.2) is 24.3 Å². The summed E-state index contributed by atoms with van der Waals surface area (Å²) in [5.41, 5.74) is 0.599. The molecule has 1 fully saturated rings. The number of allylic oxidation sites excluding steroid dienone is 3. The maximum absolute atomic E-state index is 13.5. The van der Waals surface area contributed by atoms with E-state index in [2.05, 4.69) is 10.3 Å². The van der Waals surface area contributed by atoms with Crippen molar-refractivity contribution in [3.63, 3.8) is 0 Å². The van der Waals surface area contributed by atoms with E-state index >= 15 is 0 Å². The zero-order valence-corrected chi connectivity index (χ0v) is 24.3. The van der Waals surface area contributed by atoms with E-state index < -0.39 is 23.4 Å². The summed E-state index contributed by atoms with van der Waals surface area (Å²) in [4.78, 5) is 44.0. The van der Waals surface area contributed by atoms with Crippen LogP contribution in [0.4, 0.5) is 9.59 Å². The number of nitrogens with zero attached hydrogens (tertiary/aromatic N) is 2. The molecule has 0 saturated heterocycles. The van der Waals surface area contributed by atoms with E-state index in [0.717, 1.165) is 11.1 Å². The van der Waals surface area contributed by atoms with Crippen molar-refractivity contribution < 1.29 is 28.6 Å². The molecule has 0 heterocycles. The number of carbonyl (C=O) groups is 3. The summed E-state index contributed by atoms with van der Waals surface area (Å²) in [6.07, 6.45) is 6.36. The predicted molar refractivity (Wildman–Crippen MR) is 151 cm³/mol. The number of amides is 2. The van der Waals surface area contributed by atoms with E-state index in [4.69, 9.17) is 14.2 Å². The van der Waals surface area contributed by atoms with E-state index in [-0.39, 0.29) is 24.5 Å². The molecule has 39 heavy (non-hydrogen) atoms. The molecule has 0 spiro atoms. The smallest absolute Gasteiger partial charge is 0.417 e. The molecular formula is C30H43N3O6. The third-order valence-electron chi connectivity index (χ3n) is 5.50. The predicted octanol–water partition coefficient (Wildman–Crippen LogP) is 6.29. The molecule has 9 heteroatoms. The Labute approximate surface area is 232 Å². The molecule has 1 saturated carbocycles. The number of alkyl carbamates (subject to hydrolysis) is 1. The first-order chi connectivity index (χ1) is 18.3. The van der Waals surface area contributed by atoms with Gasteiger partial charge in [-0.2, -0.15) is 0 Å². The molecule has 2 rings (SSSR count). The minimum Gasteiger partial charge on any atom is -0.463 e. The third-order valence-corrected chi connectivity index (χ3v) is 5.50. The van der Waals surface area contributed by atoms with Crippen molar-refractivity contribution in [2.24, 2.45) is 4.99 Å². The molecule has 0 atom stereocenters. The van der Waals surface area contributed by atoms with Crippen LogP contribution in [0.15, 0.2) is 59.1 Å². The van der Waals surface area contributed by atoms with Crippen LogP contribution in [0, 0.1) is 0 Å². The van der Waals surface area contributed by atoms with Gasteiger partial charge in [0, 0.05) is 12.1 Å². The maximum atomic E-state index is 13.5. The number of esters is 1. The van der Waals surface area contributed by atoms with Gasteiger partial charge in [-0.1, -0.05) is 48.1 Å². The molecular weight excluding hydrogens is 498 g/mol. The van der Waals surface area contributed by atoms with Crippen molar-refractivity contribution >= 4 is 24.1 Å². The van der Waals surface area contributed by atoms with Crippen LogP contribution in [0.25, 0.3) is 0 Å². The van der Waals surface area contributed by atoms with Crippen molar-refractivity contribution in [1.82, 2.24) is 10.2 Å². The minimum atomic E-state index is -0.747. The third kappa shape index (κ3) is 12.2. The summed E-state index contributed by atoms with van der Waals surface area (Å²) < 4.78 is 16.1. The van der Waals surface area contributed by atoms with Crippen LogP contribution in [-0.2, 0) is 25.5 Å². The average Bonchev–Trinajstić information content (AvgIpc) is 2.82. The molecule has 0 unspecified atom stereocenters. The van der Waals surface area contributed by atoms with E-state index in [1.807, 2.05) is 36.4 Å². The van der Waals surface area contributed by atoms with Gasteiger partial charge < -0.3 is 14.2 Å². The van der Waals surface area contributed by atoms with Gasteiger partial charge in [0.25, 0.3) is 0 Å². The zero-order valence-electron chi connectivity index (χ0n) is 24.3. The first kappa shape index (κ1) is 31.6. The Bertz CT molecular complexity index is 1050. The monoisotopic (exact) mass is 541 g/mol. The number of ether oxygens (including phenoxy) is 3. The van der Waals surface area contributed by atoms with E-state index in [1.165, 1.54) is 11.0 Å². The van der Waals surface area contributed by atoms with Crippen molar-refractivity contribution in [3.05, 3.63) is 59.7 Å². The normalized spacial score (nSPS) is 16.4. The fraction of sp³-hybridized carbons (Fsp3) is 0.533. The van der Waals surface area contributed by atoms with Gasteiger partial charge in [0.2, 0.25) is 5.96 Å². The molecule has 2 amide bonds. The number of aliphatic imine (C=N–C) groups is 1. The van der Waals surface area contributed by atoms with E-state index in [0.29, 0.717) is 32.3 Å². The number of hydrogen-bond donors (Lipinski definition) is 1. The lowest BCUT2D eigenvalue weighted by atomic mass is 9.89. The molecule has 1 aliphatic rings. The Morgan fingerprint density at radius 2 is 1.62 bits per heavy atom. The topological polar surface area (TPSA) is 107 Å². The quantitative estimate of drug-likeness (QED) is 0.149. The van der Waals surface area contributed by atoms with Crippen LogP contribution in [0.1, 0.15) is 79.7 Å².